The van der Waals surface area contributed by atoms with Crippen LogP contribution in [0.5, 0.6) is 0 Å². The summed E-state index contributed by atoms with van der Waals surface area (Å²) in [4.78, 5) is 0. The van der Waals surface area contributed by atoms with Crippen molar-refractivity contribution in [3.05, 3.63) is 78.4 Å². The number of aryl methyl sites for hydroxylation is 2. The first kappa shape index (κ1) is 17.2. The van der Waals surface area contributed by atoms with Gasteiger partial charge in [-0.05, 0) is 67.5 Å². The van der Waals surface area contributed by atoms with Crippen molar-refractivity contribution in [2.75, 3.05) is 0 Å². The topological polar surface area (TPSA) is 8.81 Å². The van der Waals surface area contributed by atoms with Gasteiger partial charge in [-0.2, -0.15) is 0 Å². The minimum Gasteiger partial charge on any atom is -0.226 e. The summed E-state index contributed by atoms with van der Waals surface area (Å²) in [6.45, 7) is 2.25. The lowest BCUT2D eigenvalue weighted by Crippen LogP contribution is -2.31. The van der Waals surface area contributed by atoms with Gasteiger partial charge in [-0.15, -0.1) is 0 Å². The third kappa shape index (κ3) is 2.75. The van der Waals surface area contributed by atoms with E-state index >= 15 is 0 Å². The molecule has 3 aromatic carbocycles. The van der Waals surface area contributed by atoms with Gasteiger partial charge < -0.3 is 0 Å². The Morgan fingerprint density at radius 1 is 0.821 bits per heavy atom. The maximum absolute atomic E-state index is 2.62. The van der Waals surface area contributed by atoms with Gasteiger partial charge in [-0.3, -0.25) is 0 Å². The molecule has 0 amide bonds. The molecule has 5 rings (SSSR count). The lowest BCUT2D eigenvalue weighted by Gasteiger charge is -2.12. The minimum absolute atomic E-state index is 0.606. The SMILES string of the molecule is Cc1cc(-c2ccccc2)ccc1-c1n(C2CCCC2)c2ccccc2[n+]1C. The Labute approximate surface area is 167 Å². The van der Waals surface area contributed by atoms with Crippen molar-refractivity contribution in [1.29, 1.82) is 0 Å². The van der Waals surface area contributed by atoms with Gasteiger partial charge in [0.25, 0.3) is 5.82 Å². The fraction of sp³-hybridized carbons (Fsp3) is 0.269. The van der Waals surface area contributed by atoms with Crippen molar-refractivity contribution in [3.8, 4) is 22.5 Å². The fourth-order valence-corrected chi connectivity index (χ4v) is 4.91. The lowest BCUT2D eigenvalue weighted by atomic mass is 9.99. The molecule has 140 valence electrons. The highest BCUT2D eigenvalue weighted by Crippen LogP contribution is 2.37. The zero-order valence-corrected chi connectivity index (χ0v) is 16.7. The third-order valence-corrected chi connectivity index (χ3v) is 6.31. The Kier molecular flexibility index (Phi) is 4.27. The molecule has 1 saturated carbocycles. The number of rotatable bonds is 3. The molecule has 2 heteroatoms. The summed E-state index contributed by atoms with van der Waals surface area (Å²) in [5, 5.41) is 0. The smallest absolute Gasteiger partial charge is 0.226 e. The van der Waals surface area contributed by atoms with E-state index < -0.39 is 0 Å². The van der Waals surface area contributed by atoms with E-state index in [0.717, 1.165) is 0 Å². The van der Waals surface area contributed by atoms with E-state index in [0.29, 0.717) is 6.04 Å². The van der Waals surface area contributed by atoms with Crippen LogP contribution in [-0.2, 0) is 7.05 Å². The number of nitrogens with zero attached hydrogens (tertiary/aromatic N) is 2. The second kappa shape index (κ2) is 6.94. The predicted octanol–water partition coefficient (Wildman–Crippen LogP) is 6.22. The average Bonchev–Trinajstić information content (AvgIpc) is 3.35. The van der Waals surface area contributed by atoms with E-state index in [1.807, 2.05) is 0 Å². The summed E-state index contributed by atoms with van der Waals surface area (Å²) in [6, 6.07) is 27.0. The molecule has 2 nitrogen and oxygen atoms in total. The maximum atomic E-state index is 2.62. The lowest BCUT2D eigenvalue weighted by molar-refractivity contribution is -0.634. The normalized spacial score (nSPS) is 14.8. The number of hydrogen-bond donors (Lipinski definition) is 0. The first-order valence-electron chi connectivity index (χ1n) is 10.4. The maximum Gasteiger partial charge on any atom is 0.290 e. The highest BCUT2D eigenvalue weighted by atomic mass is 15.2. The van der Waals surface area contributed by atoms with Crippen LogP contribution in [-0.4, -0.2) is 4.57 Å². The first-order chi connectivity index (χ1) is 13.7. The van der Waals surface area contributed by atoms with Gasteiger partial charge in [0.05, 0.1) is 12.6 Å². The first-order valence-corrected chi connectivity index (χ1v) is 10.4. The van der Waals surface area contributed by atoms with Crippen LogP contribution in [0.3, 0.4) is 0 Å². The van der Waals surface area contributed by atoms with E-state index in [2.05, 4.69) is 95.9 Å². The zero-order valence-electron chi connectivity index (χ0n) is 16.7. The van der Waals surface area contributed by atoms with Gasteiger partial charge >= 0.3 is 0 Å². The molecule has 0 spiro atoms. The van der Waals surface area contributed by atoms with Crippen molar-refractivity contribution >= 4 is 11.0 Å². The van der Waals surface area contributed by atoms with E-state index in [1.54, 1.807) is 0 Å². The van der Waals surface area contributed by atoms with Gasteiger partial charge in [0, 0.05) is 0 Å². The molecule has 1 heterocycles. The molecule has 1 fully saturated rings. The summed E-state index contributed by atoms with van der Waals surface area (Å²) in [5.41, 5.74) is 7.91. The van der Waals surface area contributed by atoms with Crippen molar-refractivity contribution < 1.29 is 4.57 Å². The Hall–Kier alpha value is -2.87. The Bertz CT molecular complexity index is 1130. The summed E-state index contributed by atoms with van der Waals surface area (Å²) >= 11 is 0. The van der Waals surface area contributed by atoms with Crippen LogP contribution < -0.4 is 4.57 Å². The molecule has 0 atom stereocenters. The number of fused-ring (bicyclic) bond motifs is 1. The average molecular weight is 368 g/mol. The molecule has 0 N–H and O–H groups in total. The Morgan fingerprint density at radius 2 is 1.54 bits per heavy atom. The molecule has 0 aliphatic heterocycles. The molecular formula is C26H27N2+. The third-order valence-electron chi connectivity index (χ3n) is 6.31. The number of imidazole rings is 1. The quantitative estimate of drug-likeness (QED) is 0.380. The molecule has 1 aromatic heterocycles. The summed E-state index contributed by atoms with van der Waals surface area (Å²) in [6.07, 6.45) is 5.25. The Morgan fingerprint density at radius 3 is 2.29 bits per heavy atom. The highest BCUT2D eigenvalue weighted by molar-refractivity contribution is 5.78. The molecule has 28 heavy (non-hydrogen) atoms. The van der Waals surface area contributed by atoms with Crippen LogP contribution in [0.1, 0.15) is 37.3 Å². The van der Waals surface area contributed by atoms with E-state index in [9.17, 15) is 0 Å². The molecule has 0 saturated heterocycles. The van der Waals surface area contributed by atoms with Crippen LogP contribution >= 0.6 is 0 Å². The molecule has 1 aliphatic rings. The van der Waals surface area contributed by atoms with Crippen molar-refractivity contribution in [1.82, 2.24) is 4.57 Å². The van der Waals surface area contributed by atoms with E-state index in [1.165, 1.54) is 64.8 Å². The number of aromatic nitrogens is 2. The largest absolute Gasteiger partial charge is 0.290 e. The second-order valence-electron chi connectivity index (χ2n) is 8.08. The highest BCUT2D eigenvalue weighted by Gasteiger charge is 2.32. The van der Waals surface area contributed by atoms with Crippen LogP contribution in [0.4, 0.5) is 0 Å². The molecule has 4 aromatic rings. The molecule has 1 aliphatic carbocycles. The summed E-state index contributed by atoms with van der Waals surface area (Å²) in [7, 11) is 2.22. The van der Waals surface area contributed by atoms with Crippen LogP contribution in [0, 0.1) is 6.92 Å². The van der Waals surface area contributed by atoms with Crippen molar-refractivity contribution in [3.63, 3.8) is 0 Å². The second-order valence-corrected chi connectivity index (χ2v) is 8.08. The van der Waals surface area contributed by atoms with Gasteiger partial charge in [-0.25, -0.2) is 9.13 Å². The number of benzene rings is 3. The van der Waals surface area contributed by atoms with Crippen LogP contribution in [0.2, 0.25) is 0 Å². The summed E-state index contributed by atoms with van der Waals surface area (Å²) < 4.78 is 5.00. The number of para-hydroxylation sites is 2. The standard InChI is InChI=1S/C26H27N2/c1-19-18-21(20-10-4-3-5-11-20)16-17-23(19)26-27(2)24-14-8-9-15-25(24)28(26)22-12-6-7-13-22/h3-5,8-11,14-18,22H,6-7,12-13H2,1-2H3/q+1. The molecule has 0 radical (unpaired) electrons. The number of hydrogen-bond acceptors (Lipinski definition) is 0. The van der Waals surface area contributed by atoms with Crippen molar-refractivity contribution in [2.45, 2.75) is 38.6 Å². The molecule has 0 unspecified atom stereocenters. The van der Waals surface area contributed by atoms with E-state index in [-0.39, 0.29) is 0 Å². The monoisotopic (exact) mass is 367 g/mol. The van der Waals surface area contributed by atoms with Gasteiger partial charge in [-0.1, -0.05) is 54.6 Å². The molecular weight excluding hydrogens is 340 g/mol. The van der Waals surface area contributed by atoms with Gasteiger partial charge in [0.1, 0.15) is 6.04 Å². The van der Waals surface area contributed by atoms with Crippen LogP contribution in [0.15, 0.2) is 72.8 Å². The van der Waals surface area contributed by atoms with Gasteiger partial charge in [0.15, 0.2) is 11.0 Å². The Balaban J connectivity index is 1.71. The van der Waals surface area contributed by atoms with E-state index in [4.69, 9.17) is 0 Å². The fourth-order valence-electron chi connectivity index (χ4n) is 4.91. The molecule has 0 bridgehead atoms. The zero-order chi connectivity index (χ0) is 19.1. The minimum atomic E-state index is 0.606. The van der Waals surface area contributed by atoms with Gasteiger partial charge in [0.2, 0.25) is 0 Å². The summed E-state index contributed by atoms with van der Waals surface area (Å²) in [5.74, 6) is 1.34. The van der Waals surface area contributed by atoms with Crippen molar-refractivity contribution in [2.24, 2.45) is 7.05 Å². The van der Waals surface area contributed by atoms with Crippen LogP contribution in [0.25, 0.3) is 33.5 Å². The predicted molar refractivity (Wildman–Crippen MR) is 116 cm³/mol.